The Morgan fingerprint density at radius 1 is 1.56 bits per heavy atom. The Morgan fingerprint density at radius 2 is 2.28 bits per heavy atom. The summed E-state index contributed by atoms with van der Waals surface area (Å²) in [6, 6.07) is 5.50. The zero-order valence-corrected chi connectivity index (χ0v) is 14.2. The second kappa shape index (κ2) is 5.90. The van der Waals surface area contributed by atoms with Crippen LogP contribution in [0.5, 0.6) is 0 Å². The third-order valence-corrected chi connectivity index (χ3v) is 4.55. The monoisotopic (exact) mass is 439 g/mol. The van der Waals surface area contributed by atoms with Gasteiger partial charge >= 0.3 is 0 Å². The summed E-state index contributed by atoms with van der Waals surface area (Å²) in [5.41, 5.74) is 8.34. The summed E-state index contributed by atoms with van der Waals surface area (Å²) < 4.78 is 3.92. The van der Waals surface area contributed by atoms with Crippen LogP contribution in [0.2, 0.25) is 5.02 Å². The van der Waals surface area contributed by atoms with Gasteiger partial charge in [-0.25, -0.2) is 0 Å². The average molecular weight is 441 g/mol. The third-order valence-electron chi connectivity index (χ3n) is 2.72. The Kier molecular flexibility index (Phi) is 4.69. The van der Waals surface area contributed by atoms with Crippen molar-refractivity contribution in [3.63, 3.8) is 0 Å². The molecule has 3 nitrogen and oxygen atoms in total. The molecule has 0 saturated carbocycles. The van der Waals surface area contributed by atoms with Gasteiger partial charge in [0.05, 0.1) is 22.4 Å². The second-order valence-corrected chi connectivity index (χ2v) is 6.29. The molecule has 1 aromatic heterocycles. The van der Waals surface area contributed by atoms with Gasteiger partial charge in [-0.15, -0.1) is 0 Å². The van der Waals surface area contributed by atoms with Crippen molar-refractivity contribution >= 4 is 50.1 Å². The van der Waals surface area contributed by atoms with Crippen molar-refractivity contribution in [2.24, 2.45) is 5.73 Å². The van der Waals surface area contributed by atoms with Gasteiger partial charge in [0.25, 0.3) is 0 Å². The summed E-state index contributed by atoms with van der Waals surface area (Å²) in [5.74, 6) is 0. The van der Waals surface area contributed by atoms with E-state index in [2.05, 4.69) is 43.6 Å². The van der Waals surface area contributed by atoms with Crippen LogP contribution in [0, 0.1) is 3.57 Å². The fourth-order valence-corrected chi connectivity index (χ4v) is 3.23. The van der Waals surface area contributed by atoms with Gasteiger partial charge in [0.15, 0.2) is 0 Å². The van der Waals surface area contributed by atoms with E-state index in [0.717, 1.165) is 25.8 Å². The quantitative estimate of drug-likeness (QED) is 0.734. The topological polar surface area (TPSA) is 43.8 Å². The molecule has 0 aliphatic heterocycles. The van der Waals surface area contributed by atoms with Gasteiger partial charge in [-0.1, -0.05) is 11.6 Å². The molecule has 2 aromatic rings. The minimum absolute atomic E-state index is 0.243. The predicted molar refractivity (Wildman–Crippen MR) is 85.8 cm³/mol. The Balaban J connectivity index is 2.50. The Bertz CT molecular complexity index is 570. The largest absolute Gasteiger partial charge is 0.319 e. The van der Waals surface area contributed by atoms with Crippen molar-refractivity contribution in [1.82, 2.24) is 9.78 Å². The number of nitrogens with zero attached hydrogens (tertiary/aromatic N) is 2. The van der Waals surface area contributed by atoms with Gasteiger partial charge in [-0.05, 0) is 69.2 Å². The predicted octanol–water partition coefficient (Wildman–Crippen LogP) is 3.97. The molecule has 1 heterocycles. The van der Waals surface area contributed by atoms with Gasteiger partial charge < -0.3 is 5.73 Å². The summed E-state index contributed by atoms with van der Waals surface area (Å²) in [5, 5.41) is 4.98. The lowest BCUT2D eigenvalue weighted by molar-refractivity contribution is 0.599. The van der Waals surface area contributed by atoms with E-state index < -0.39 is 0 Å². The zero-order chi connectivity index (χ0) is 13.3. The maximum absolute atomic E-state index is 6.35. The van der Waals surface area contributed by atoms with Crippen molar-refractivity contribution in [1.29, 1.82) is 0 Å². The van der Waals surface area contributed by atoms with Crippen LogP contribution in [0.3, 0.4) is 0 Å². The molecule has 0 fully saturated rings. The number of hydrogen-bond donors (Lipinski definition) is 1. The third kappa shape index (κ3) is 2.74. The van der Waals surface area contributed by atoms with Crippen LogP contribution in [0.25, 0.3) is 0 Å². The van der Waals surface area contributed by atoms with Crippen LogP contribution in [0.15, 0.2) is 28.9 Å². The summed E-state index contributed by atoms with van der Waals surface area (Å²) in [7, 11) is 0. The van der Waals surface area contributed by atoms with Gasteiger partial charge in [-0.3, -0.25) is 4.68 Å². The van der Waals surface area contributed by atoms with E-state index in [9.17, 15) is 0 Å². The summed E-state index contributed by atoms with van der Waals surface area (Å²) in [6.45, 7) is 2.82. The first-order chi connectivity index (χ1) is 8.54. The molecule has 1 unspecified atom stereocenters. The van der Waals surface area contributed by atoms with Crippen LogP contribution in [0.4, 0.5) is 0 Å². The maximum Gasteiger partial charge on any atom is 0.0745 e. The van der Waals surface area contributed by atoms with E-state index in [1.54, 1.807) is 6.20 Å². The molecule has 96 valence electrons. The molecular weight excluding hydrogens is 428 g/mol. The van der Waals surface area contributed by atoms with Crippen molar-refractivity contribution in [2.45, 2.75) is 19.5 Å². The molecule has 18 heavy (non-hydrogen) atoms. The number of halogens is 3. The van der Waals surface area contributed by atoms with Crippen molar-refractivity contribution < 1.29 is 0 Å². The molecule has 0 saturated heterocycles. The lowest BCUT2D eigenvalue weighted by Gasteiger charge is -2.16. The van der Waals surface area contributed by atoms with Gasteiger partial charge in [0.2, 0.25) is 0 Å². The highest BCUT2D eigenvalue weighted by molar-refractivity contribution is 14.1. The number of hydrogen-bond acceptors (Lipinski definition) is 2. The summed E-state index contributed by atoms with van der Waals surface area (Å²) in [6.07, 6.45) is 1.77. The van der Waals surface area contributed by atoms with Gasteiger partial charge in [-0.2, -0.15) is 5.10 Å². The SMILES string of the molecule is CCn1ncc(Br)c1C(N)c1cc(Cl)ccc1I. The fourth-order valence-electron chi connectivity index (χ4n) is 1.83. The van der Waals surface area contributed by atoms with Crippen LogP contribution < -0.4 is 5.73 Å². The number of aryl methyl sites for hydroxylation is 1. The molecule has 1 aromatic carbocycles. The van der Waals surface area contributed by atoms with Crippen molar-refractivity contribution in [2.75, 3.05) is 0 Å². The molecule has 2 N–H and O–H groups in total. The highest BCUT2D eigenvalue weighted by atomic mass is 127. The summed E-state index contributed by atoms with van der Waals surface area (Å²) in [4.78, 5) is 0. The second-order valence-electron chi connectivity index (χ2n) is 3.84. The maximum atomic E-state index is 6.35. The standard InChI is InChI=1S/C12H12BrClIN3/c1-2-18-12(9(13)6-17-18)11(16)8-5-7(14)3-4-10(8)15/h3-6,11H,2,16H2,1H3. The lowest BCUT2D eigenvalue weighted by atomic mass is 10.0. The first kappa shape index (κ1) is 14.3. The molecular formula is C12H12BrClIN3. The normalized spacial score (nSPS) is 12.7. The number of nitrogens with two attached hydrogens (primary N) is 1. The number of aromatic nitrogens is 2. The molecule has 0 aliphatic carbocycles. The first-order valence-corrected chi connectivity index (χ1v) is 7.71. The fraction of sp³-hybridized carbons (Fsp3) is 0.250. The molecule has 1 atom stereocenters. The highest BCUT2D eigenvalue weighted by Gasteiger charge is 2.19. The van der Waals surface area contributed by atoms with E-state index in [1.807, 2.05) is 29.8 Å². The number of benzene rings is 1. The van der Waals surface area contributed by atoms with E-state index in [4.69, 9.17) is 17.3 Å². The Morgan fingerprint density at radius 3 is 2.94 bits per heavy atom. The molecule has 0 amide bonds. The average Bonchev–Trinajstić information content (AvgIpc) is 2.72. The van der Waals surface area contributed by atoms with Crippen LogP contribution >= 0.6 is 50.1 Å². The van der Waals surface area contributed by atoms with E-state index in [1.165, 1.54) is 0 Å². The van der Waals surface area contributed by atoms with Gasteiger partial charge in [0, 0.05) is 15.1 Å². The molecule has 0 spiro atoms. The molecule has 0 bridgehead atoms. The van der Waals surface area contributed by atoms with E-state index in [0.29, 0.717) is 5.02 Å². The Labute approximate surface area is 133 Å². The molecule has 6 heteroatoms. The van der Waals surface area contributed by atoms with Crippen molar-refractivity contribution in [3.8, 4) is 0 Å². The van der Waals surface area contributed by atoms with E-state index in [-0.39, 0.29) is 6.04 Å². The van der Waals surface area contributed by atoms with Crippen molar-refractivity contribution in [3.05, 3.63) is 48.7 Å². The zero-order valence-electron chi connectivity index (χ0n) is 9.70. The molecule has 0 radical (unpaired) electrons. The van der Waals surface area contributed by atoms with Gasteiger partial charge in [0.1, 0.15) is 0 Å². The highest BCUT2D eigenvalue weighted by Crippen LogP contribution is 2.30. The smallest absolute Gasteiger partial charge is 0.0745 e. The van der Waals surface area contributed by atoms with Crippen LogP contribution in [-0.4, -0.2) is 9.78 Å². The summed E-state index contributed by atoms with van der Waals surface area (Å²) >= 11 is 11.8. The van der Waals surface area contributed by atoms with Crippen LogP contribution in [-0.2, 0) is 6.54 Å². The molecule has 0 aliphatic rings. The minimum atomic E-state index is -0.243. The van der Waals surface area contributed by atoms with E-state index >= 15 is 0 Å². The Hall–Kier alpha value is -0.110. The molecule has 2 rings (SSSR count). The number of rotatable bonds is 3. The van der Waals surface area contributed by atoms with Crippen LogP contribution in [0.1, 0.15) is 24.2 Å². The lowest BCUT2D eigenvalue weighted by Crippen LogP contribution is -2.18. The first-order valence-electron chi connectivity index (χ1n) is 5.46. The minimum Gasteiger partial charge on any atom is -0.319 e.